The van der Waals surface area contributed by atoms with Crippen LogP contribution >= 0.6 is 11.8 Å². The average Bonchev–Trinajstić information content (AvgIpc) is 2.36. The molecule has 1 rings (SSSR count). The Morgan fingerprint density at radius 1 is 1.58 bits per heavy atom. The number of nitrogens with zero attached hydrogens (tertiary/aromatic N) is 2. The van der Waals surface area contributed by atoms with Crippen LogP contribution in [0, 0.1) is 10.1 Å². The number of carbonyl (C=O) groups is 1. The molecule has 0 saturated carbocycles. The molecule has 6 nitrogen and oxygen atoms in total. The second-order valence-electron chi connectivity index (χ2n) is 4.17. The Bertz CT molecular complexity index is 491. The SMILES string of the molecule is CSc1ccc([N+](=O)[O-])c(C(=O)N(C)CC(C)O)c1. The van der Waals surface area contributed by atoms with Crippen LogP contribution in [0.5, 0.6) is 0 Å². The normalized spacial score (nSPS) is 12.0. The standard InChI is InChI=1S/C12H16N2O4S/c1-8(15)7-13(2)12(16)10-6-9(19-3)4-5-11(10)14(17)18/h4-6,8,15H,7H2,1-3H3. The monoisotopic (exact) mass is 284 g/mol. The van der Waals surface area contributed by atoms with Crippen LogP contribution in [0.2, 0.25) is 0 Å². The lowest BCUT2D eigenvalue weighted by molar-refractivity contribution is -0.385. The number of carbonyl (C=O) groups excluding carboxylic acids is 1. The third kappa shape index (κ3) is 3.93. The Morgan fingerprint density at radius 3 is 2.68 bits per heavy atom. The number of likely N-dealkylation sites (N-methyl/N-ethyl adjacent to an activating group) is 1. The molecular weight excluding hydrogens is 268 g/mol. The van der Waals surface area contributed by atoms with Crippen molar-refractivity contribution in [2.24, 2.45) is 0 Å². The van der Waals surface area contributed by atoms with Crippen molar-refractivity contribution in [2.45, 2.75) is 17.9 Å². The number of benzene rings is 1. The first-order valence-electron chi connectivity index (χ1n) is 5.62. The summed E-state index contributed by atoms with van der Waals surface area (Å²) in [6, 6.07) is 4.44. The largest absolute Gasteiger partial charge is 0.392 e. The quantitative estimate of drug-likeness (QED) is 0.506. The number of hydrogen-bond donors (Lipinski definition) is 1. The van der Waals surface area contributed by atoms with Crippen LogP contribution in [0.3, 0.4) is 0 Å². The number of hydrogen-bond acceptors (Lipinski definition) is 5. The van der Waals surface area contributed by atoms with Crippen LogP contribution in [0.4, 0.5) is 5.69 Å². The van der Waals surface area contributed by atoms with Gasteiger partial charge < -0.3 is 10.0 Å². The minimum Gasteiger partial charge on any atom is -0.392 e. The average molecular weight is 284 g/mol. The highest BCUT2D eigenvalue weighted by molar-refractivity contribution is 7.98. The number of amides is 1. The summed E-state index contributed by atoms with van der Waals surface area (Å²) in [5.74, 6) is -0.469. The molecule has 1 unspecified atom stereocenters. The summed E-state index contributed by atoms with van der Waals surface area (Å²) < 4.78 is 0. The van der Waals surface area contributed by atoms with Crippen LogP contribution in [0.1, 0.15) is 17.3 Å². The van der Waals surface area contributed by atoms with Crippen molar-refractivity contribution in [1.29, 1.82) is 0 Å². The summed E-state index contributed by atoms with van der Waals surface area (Å²) in [4.78, 5) is 24.6. The lowest BCUT2D eigenvalue weighted by Crippen LogP contribution is -2.33. The Kier molecular flexibility index (Phi) is 5.31. The van der Waals surface area contributed by atoms with Gasteiger partial charge in [-0.05, 0) is 25.3 Å². The molecule has 0 bridgehead atoms. The second kappa shape index (κ2) is 6.53. The molecule has 0 aromatic heterocycles. The fraction of sp³-hybridized carbons (Fsp3) is 0.417. The number of thioether (sulfide) groups is 1. The van der Waals surface area contributed by atoms with Gasteiger partial charge in [0.2, 0.25) is 0 Å². The van der Waals surface area contributed by atoms with E-state index in [-0.39, 0.29) is 17.8 Å². The van der Waals surface area contributed by atoms with Gasteiger partial charge in [-0.3, -0.25) is 14.9 Å². The van der Waals surface area contributed by atoms with E-state index in [4.69, 9.17) is 0 Å². The van der Waals surface area contributed by atoms with Crippen LogP contribution in [-0.2, 0) is 0 Å². The van der Waals surface area contributed by atoms with E-state index >= 15 is 0 Å². The molecule has 0 aliphatic carbocycles. The smallest absolute Gasteiger partial charge is 0.282 e. The van der Waals surface area contributed by atoms with E-state index in [1.165, 1.54) is 35.8 Å². The van der Waals surface area contributed by atoms with E-state index in [2.05, 4.69) is 0 Å². The molecule has 1 aromatic rings. The van der Waals surface area contributed by atoms with Crippen molar-refractivity contribution < 1.29 is 14.8 Å². The van der Waals surface area contributed by atoms with Crippen LogP contribution in [-0.4, -0.2) is 46.8 Å². The summed E-state index contributed by atoms with van der Waals surface area (Å²) in [7, 11) is 1.50. The van der Waals surface area contributed by atoms with Gasteiger partial charge in [-0.25, -0.2) is 0 Å². The minimum atomic E-state index is -0.684. The zero-order chi connectivity index (χ0) is 14.6. The molecule has 104 valence electrons. The van der Waals surface area contributed by atoms with E-state index in [1.807, 2.05) is 6.26 Å². The van der Waals surface area contributed by atoms with Crippen LogP contribution < -0.4 is 0 Å². The fourth-order valence-electron chi connectivity index (χ4n) is 1.66. The van der Waals surface area contributed by atoms with Gasteiger partial charge in [-0.2, -0.15) is 0 Å². The lowest BCUT2D eigenvalue weighted by atomic mass is 10.1. The summed E-state index contributed by atoms with van der Waals surface area (Å²) in [5.41, 5.74) is -0.180. The zero-order valence-electron chi connectivity index (χ0n) is 11.0. The van der Waals surface area contributed by atoms with E-state index in [9.17, 15) is 20.0 Å². The van der Waals surface area contributed by atoms with Gasteiger partial charge in [0, 0.05) is 24.6 Å². The molecule has 0 spiro atoms. The van der Waals surface area contributed by atoms with Gasteiger partial charge in [-0.1, -0.05) is 0 Å². The molecule has 0 fully saturated rings. The lowest BCUT2D eigenvalue weighted by Gasteiger charge is -2.19. The number of aliphatic hydroxyl groups is 1. The molecule has 0 heterocycles. The minimum absolute atomic E-state index is 0.0417. The predicted molar refractivity (Wildman–Crippen MR) is 73.5 cm³/mol. The third-order valence-corrected chi connectivity index (χ3v) is 3.24. The summed E-state index contributed by atoms with van der Waals surface area (Å²) in [6.07, 6.45) is 1.14. The molecule has 19 heavy (non-hydrogen) atoms. The number of nitro benzene ring substituents is 1. The molecule has 0 saturated heterocycles. The number of rotatable bonds is 5. The second-order valence-corrected chi connectivity index (χ2v) is 5.05. The van der Waals surface area contributed by atoms with E-state index in [0.717, 1.165) is 4.90 Å². The van der Waals surface area contributed by atoms with Crippen molar-refractivity contribution in [2.75, 3.05) is 19.8 Å². The van der Waals surface area contributed by atoms with Gasteiger partial charge in [0.25, 0.3) is 11.6 Å². The van der Waals surface area contributed by atoms with Gasteiger partial charge in [-0.15, -0.1) is 11.8 Å². The summed E-state index contributed by atoms with van der Waals surface area (Å²) in [6.45, 7) is 1.68. The third-order valence-electron chi connectivity index (χ3n) is 2.52. The van der Waals surface area contributed by atoms with Crippen LogP contribution in [0.25, 0.3) is 0 Å². The first-order valence-corrected chi connectivity index (χ1v) is 6.85. The molecule has 1 N–H and O–H groups in total. The molecule has 0 aliphatic rings. The van der Waals surface area contributed by atoms with Gasteiger partial charge >= 0.3 is 0 Å². The molecule has 1 amide bonds. The predicted octanol–water partition coefficient (Wildman–Crippen LogP) is 1.77. The zero-order valence-corrected chi connectivity index (χ0v) is 11.8. The Labute approximate surface area is 115 Å². The van der Waals surface area contributed by atoms with Crippen molar-refractivity contribution in [3.05, 3.63) is 33.9 Å². The van der Waals surface area contributed by atoms with Gasteiger partial charge in [0.15, 0.2) is 0 Å². The molecule has 0 aliphatic heterocycles. The van der Waals surface area contributed by atoms with Gasteiger partial charge in [0.05, 0.1) is 11.0 Å². The topological polar surface area (TPSA) is 83.7 Å². The number of aliphatic hydroxyl groups excluding tert-OH is 1. The summed E-state index contributed by atoms with van der Waals surface area (Å²) >= 11 is 1.40. The van der Waals surface area contributed by atoms with Crippen LogP contribution in [0.15, 0.2) is 23.1 Å². The number of nitro groups is 1. The Morgan fingerprint density at radius 2 is 2.21 bits per heavy atom. The maximum atomic E-state index is 12.2. The summed E-state index contributed by atoms with van der Waals surface area (Å²) in [5, 5.41) is 20.2. The maximum absolute atomic E-state index is 12.2. The molecular formula is C12H16N2O4S. The highest BCUT2D eigenvalue weighted by atomic mass is 32.2. The van der Waals surface area contributed by atoms with Gasteiger partial charge in [0.1, 0.15) is 5.56 Å². The molecule has 7 heteroatoms. The highest BCUT2D eigenvalue weighted by Gasteiger charge is 2.23. The highest BCUT2D eigenvalue weighted by Crippen LogP contribution is 2.25. The van der Waals surface area contributed by atoms with Crippen molar-refractivity contribution >= 4 is 23.4 Å². The van der Waals surface area contributed by atoms with E-state index < -0.39 is 16.9 Å². The first-order chi connectivity index (χ1) is 8.86. The molecule has 1 aromatic carbocycles. The Balaban J connectivity index is 3.15. The van der Waals surface area contributed by atoms with E-state index in [1.54, 1.807) is 13.0 Å². The molecule has 0 radical (unpaired) electrons. The first kappa shape index (κ1) is 15.5. The van der Waals surface area contributed by atoms with Crippen molar-refractivity contribution in [1.82, 2.24) is 4.90 Å². The van der Waals surface area contributed by atoms with Crippen molar-refractivity contribution in [3.8, 4) is 0 Å². The van der Waals surface area contributed by atoms with E-state index in [0.29, 0.717) is 0 Å². The fourth-order valence-corrected chi connectivity index (χ4v) is 2.10. The Hall–Kier alpha value is -1.60. The molecule has 1 atom stereocenters. The van der Waals surface area contributed by atoms with Crippen molar-refractivity contribution in [3.63, 3.8) is 0 Å². The maximum Gasteiger partial charge on any atom is 0.282 e.